The Balaban J connectivity index is 1.35. The van der Waals surface area contributed by atoms with Gasteiger partial charge in [0.2, 0.25) is 0 Å². The standard InChI is InChI=1S/C33H32O10S2/c1-3-44(37,38)27-12-7-22(8-13-27)31(34)42-26-11-16-30(43-32(35)23-9-14-28(15-10-23)45(39,40)4-2)25(19-26)20-41-33(36)29-18-21-5-6-24(29)17-21/h5-16,19,21,24,29H,3-4,17-18,20H2,1-2H3. The topological polar surface area (TPSA) is 147 Å². The number of benzene rings is 3. The van der Waals surface area contributed by atoms with Crippen LogP contribution < -0.4 is 9.47 Å². The van der Waals surface area contributed by atoms with Crippen LogP contribution in [0.15, 0.2) is 88.7 Å². The van der Waals surface area contributed by atoms with Crippen LogP contribution in [-0.2, 0) is 35.8 Å². The fourth-order valence-corrected chi connectivity index (χ4v) is 7.16. The fourth-order valence-electron chi connectivity index (χ4n) is 5.39. The molecule has 0 radical (unpaired) electrons. The third-order valence-electron chi connectivity index (χ3n) is 8.06. The second-order valence-electron chi connectivity index (χ2n) is 10.9. The van der Waals surface area contributed by atoms with Crippen LogP contribution in [-0.4, -0.2) is 46.2 Å². The molecule has 2 aliphatic carbocycles. The number of hydrogen-bond acceptors (Lipinski definition) is 10. The van der Waals surface area contributed by atoms with Crippen LogP contribution in [0.2, 0.25) is 0 Å². The van der Waals surface area contributed by atoms with E-state index in [1.54, 1.807) is 0 Å². The van der Waals surface area contributed by atoms with E-state index in [0.29, 0.717) is 12.3 Å². The van der Waals surface area contributed by atoms with Crippen molar-refractivity contribution >= 4 is 37.6 Å². The molecular weight excluding hydrogens is 620 g/mol. The number of carbonyl (C=O) groups is 3. The lowest BCUT2D eigenvalue weighted by Crippen LogP contribution is -2.21. The summed E-state index contributed by atoms with van der Waals surface area (Å²) in [5.41, 5.74) is 0.479. The van der Waals surface area contributed by atoms with E-state index in [1.807, 2.05) is 6.08 Å². The minimum absolute atomic E-state index is 0.0554. The van der Waals surface area contributed by atoms with Crippen LogP contribution in [0.3, 0.4) is 0 Å². The number of rotatable bonds is 11. The normalized spacial score (nSPS) is 18.8. The largest absolute Gasteiger partial charge is 0.460 e. The van der Waals surface area contributed by atoms with Crippen LogP contribution in [0, 0.1) is 17.8 Å². The summed E-state index contributed by atoms with van der Waals surface area (Å²) in [5, 5.41) is 0. The van der Waals surface area contributed by atoms with Crippen LogP contribution in [0.1, 0.15) is 53.0 Å². The Bertz CT molecular complexity index is 1860. The highest BCUT2D eigenvalue weighted by Gasteiger charge is 2.40. The van der Waals surface area contributed by atoms with E-state index in [-0.39, 0.29) is 73.9 Å². The van der Waals surface area contributed by atoms with Crippen molar-refractivity contribution in [2.45, 2.75) is 43.1 Å². The lowest BCUT2D eigenvalue weighted by Gasteiger charge is -2.18. The average molecular weight is 653 g/mol. The molecule has 3 aromatic rings. The van der Waals surface area contributed by atoms with Crippen molar-refractivity contribution in [2.24, 2.45) is 17.8 Å². The van der Waals surface area contributed by atoms with Gasteiger partial charge >= 0.3 is 17.9 Å². The first-order chi connectivity index (χ1) is 21.4. The highest BCUT2D eigenvalue weighted by molar-refractivity contribution is 7.91. The maximum absolute atomic E-state index is 13.0. The molecule has 10 nitrogen and oxygen atoms in total. The summed E-state index contributed by atoms with van der Waals surface area (Å²) in [7, 11) is -6.89. The van der Waals surface area contributed by atoms with Crippen LogP contribution in [0.25, 0.3) is 0 Å². The quantitative estimate of drug-likeness (QED) is 0.158. The van der Waals surface area contributed by atoms with Gasteiger partial charge < -0.3 is 14.2 Å². The SMILES string of the molecule is CCS(=O)(=O)c1ccc(C(=O)Oc2ccc(OC(=O)c3ccc(S(=O)(=O)CC)cc3)c(COC(=O)C3CC4C=CC3C4)c2)cc1. The van der Waals surface area contributed by atoms with Crippen molar-refractivity contribution in [1.82, 2.24) is 0 Å². The van der Waals surface area contributed by atoms with Gasteiger partial charge in [0.1, 0.15) is 18.1 Å². The van der Waals surface area contributed by atoms with Crippen molar-refractivity contribution in [1.29, 1.82) is 0 Å². The number of hydrogen-bond donors (Lipinski definition) is 0. The lowest BCUT2D eigenvalue weighted by molar-refractivity contribution is -0.150. The lowest BCUT2D eigenvalue weighted by atomic mass is 9.94. The molecule has 0 spiro atoms. The molecule has 5 rings (SSSR count). The second kappa shape index (κ2) is 13.0. The summed E-state index contributed by atoms with van der Waals surface area (Å²) in [4.78, 5) is 38.9. The molecule has 1 saturated carbocycles. The van der Waals surface area contributed by atoms with Gasteiger partial charge in [0.05, 0.1) is 38.3 Å². The van der Waals surface area contributed by atoms with Gasteiger partial charge in [0, 0.05) is 5.56 Å². The fraction of sp³-hybridized carbons (Fsp3) is 0.303. The predicted octanol–water partition coefficient (Wildman–Crippen LogP) is 4.97. The van der Waals surface area contributed by atoms with Gasteiger partial charge in [0.15, 0.2) is 19.7 Å². The van der Waals surface area contributed by atoms with Gasteiger partial charge in [-0.05, 0) is 91.4 Å². The molecule has 45 heavy (non-hydrogen) atoms. The summed E-state index contributed by atoms with van der Waals surface area (Å²) >= 11 is 0. The third kappa shape index (κ3) is 7.18. The van der Waals surface area contributed by atoms with Crippen molar-refractivity contribution < 1.29 is 45.4 Å². The van der Waals surface area contributed by atoms with Gasteiger partial charge in [-0.25, -0.2) is 26.4 Å². The van der Waals surface area contributed by atoms with Gasteiger partial charge in [-0.2, -0.15) is 0 Å². The average Bonchev–Trinajstić information content (AvgIpc) is 3.69. The van der Waals surface area contributed by atoms with Crippen LogP contribution in [0.5, 0.6) is 11.5 Å². The highest BCUT2D eigenvalue weighted by Crippen LogP contribution is 2.44. The Kier molecular flexibility index (Phi) is 9.26. The minimum atomic E-state index is -3.45. The van der Waals surface area contributed by atoms with Gasteiger partial charge in [0.25, 0.3) is 0 Å². The predicted molar refractivity (Wildman–Crippen MR) is 163 cm³/mol. The van der Waals surface area contributed by atoms with E-state index in [9.17, 15) is 31.2 Å². The molecule has 236 valence electrons. The Hall–Kier alpha value is -4.29. The maximum atomic E-state index is 13.0. The van der Waals surface area contributed by atoms with E-state index < -0.39 is 31.6 Å². The molecule has 0 heterocycles. The number of carbonyl (C=O) groups excluding carboxylic acids is 3. The molecule has 3 aromatic carbocycles. The zero-order valence-corrected chi connectivity index (χ0v) is 26.3. The molecule has 0 aromatic heterocycles. The summed E-state index contributed by atoms with van der Waals surface area (Å²) in [6.45, 7) is 2.79. The molecule has 2 aliphatic rings. The Morgan fingerprint density at radius 2 is 1.27 bits per heavy atom. The van der Waals surface area contributed by atoms with E-state index in [2.05, 4.69) is 6.08 Å². The molecule has 0 aliphatic heterocycles. The summed E-state index contributed by atoms with van der Waals surface area (Å²) in [6.07, 6.45) is 5.78. The number of esters is 3. The molecule has 3 atom stereocenters. The first-order valence-electron chi connectivity index (χ1n) is 14.5. The smallest absolute Gasteiger partial charge is 0.343 e. The molecule has 12 heteroatoms. The Morgan fingerprint density at radius 1 is 0.711 bits per heavy atom. The number of ether oxygens (including phenoxy) is 3. The zero-order valence-electron chi connectivity index (χ0n) is 24.7. The summed E-state index contributed by atoms with van der Waals surface area (Å²) in [5.74, 6) is -1.69. The van der Waals surface area contributed by atoms with E-state index in [0.717, 1.165) is 6.42 Å². The molecule has 2 bridgehead atoms. The summed E-state index contributed by atoms with van der Waals surface area (Å²) < 4.78 is 65.2. The summed E-state index contributed by atoms with van der Waals surface area (Å²) in [6, 6.07) is 14.9. The van der Waals surface area contributed by atoms with E-state index >= 15 is 0 Å². The number of fused-ring (bicyclic) bond motifs is 2. The van der Waals surface area contributed by atoms with E-state index in [1.165, 1.54) is 80.6 Å². The monoisotopic (exact) mass is 652 g/mol. The van der Waals surface area contributed by atoms with Crippen molar-refractivity contribution in [3.63, 3.8) is 0 Å². The molecular formula is C33H32O10S2. The zero-order chi connectivity index (χ0) is 32.4. The third-order valence-corrected chi connectivity index (χ3v) is 11.6. The first-order valence-corrected chi connectivity index (χ1v) is 17.8. The Labute approximate surface area is 261 Å². The maximum Gasteiger partial charge on any atom is 0.343 e. The number of sulfone groups is 2. The van der Waals surface area contributed by atoms with E-state index in [4.69, 9.17) is 14.2 Å². The first kappa shape index (κ1) is 32.1. The highest BCUT2D eigenvalue weighted by atomic mass is 32.2. The van der Waals surface area contributed by atoms with Gasteiger partial charge in [-0.15, -0.1) is 0 Å². The minimum Gasteiger partial charge on any atom is -0.460 e. The van der Waals surface area contributed by atoms with Gasteiger partial charge in [-0.1, -0.05) is 26.0 Å². The van der Waals surface area contributed by atoms with Gasteiger partial charge in [-0.3, -0.25) is 4.79 Å². The molecule has 0 N–H and O–H groups in total. The Morgan fingerprint density at radius 3 is 1.76 bits per heavy atom. The van der Waals surface area contributed by atoms with Crippen molar-refractivity contribution in [3.8, 4) is 11.5 Å². The number of allylic oxidation sites excluding steroid dienone is 2. The molecule has 0 saturated heterocycles. The van der Waals surface area contributed by atoms with Crippen molar-refractivity contribution in [3.05, 3.63) is 95.6 Å². The van der Waals surface area contributed by atoms with Crippen molar-refractivity contribution in [2.75, 3.05) is 11.5 Å². The second-order valence-corrected chi connectivity index (χ2v) is 15.5. The molecule has 3 unspecified atom stereocenters. The van der Waals surface area contributed by atoms with Crippen LogP contribution in [0.4, 0.5) is 0 Å². The molecule has 0 amide bonds. The van der Waals surface area contributed by atoms with Crippen LogP contribution >= 0.6 is 0 Å². The molecule has 1 fully saturated rings.